The van der Waals surface area contributed by atoms with Gasteiger partial charge in [-0.2, -0.15) is 0 Å². The van der Waals surface area contributed by atoms with Gasteiger partial charge in [-0.15, -0.1) is 5.10 Å². The summed E-state index contributed by atoms with van der Waals surface area (Å²) in [7, 11) is 0. The maximum absolute atomic E-state index is 10.7. The molecule has 0 radical (unpaired) electrons. The average molecular weight is 271 g/mol. The lowest BCUT2D eigenvalue weighted by Crippen LogP contribution is -2.13. The summed E-state index contributed by atoms with van der Waals surface area (Å²) >= 11 is 5.85. The van der Waals surface area contributed by atoms with Crippen LogP contribution in [-0.2, 0) is 11.3 Å². The Balaban J connectivity index is 2.14. The van der Waals surface area contributed by atoms with Gasteiger partial charge >= 0.3 is 5.97 Å². The number of furan rings is 1. The van der Waals surface area contributed by atoms with Crippen LogP contribution in [0, 0.1) is 5.92 Å². The van der Waals surface area contributed by atoms with E-state index in [0.717, 1.165) is 0 Å². The number of halogens is 1. The Bertz CT molecular complexity index is 551. The van der Waals surface area contributed by atoms with Gasteiger partial charge in [0.2, 0.25) is 5.22 Å². The van der Waals surface area contributed by atoms with Crippen LogP contribution >= 0.6 is 11.6 Å². The molecule has 18 heavy (non-hydrogen) atoms. The lowest BCUT2D eigenvalue weighted by atomic mass is 10.1. The molecule has 1 atom stereocenters. The third-order valence-electron chi connectivity index (χ3n) is 2.59. The Morgan fingerprint density at radius 1 is 1.67 bits per heavy atom. The van der Waals surface area contributed by atoms with Gasteiger partial charge in [-0.25, -0.2) is 4.68 Å². The number of carboxylic acids is 1. The molecular weight excluding hydrogens is 260 g/mol. The Hall–Kier alpha value is -1.89. The van der Waals surface area contributed by atoms with E-state index in [4.69, 9.17) is 21.1 Å². The quantitative estimate of drug-likeness (QED) is 0.888. The van der Waals surface area contributed by atoms with Crippen molar-refractivity contribution in [3.05, 3.63) is 17.5 Å². The third-order valence-corrected chi connectivity index (χ3v) is 2.88. The van der Waals surface area contributed by atoms with Crippen molar-refractivity contribution < 1.29 is 14.3 Å². The first kappa shape index (κ1) is 12.6. The lowest BCUT2D eigenvalue weighted by Gasteiger charge is -2.06. The lowest BCUT2D eigenvalue weighted by molar-refractivity contribution is -0.141. The van der Waals surface area contributed by atoms with Gasteiger partial charge in [0.15, 0.2) is 5.82 Å². The molecule has 7 nitrogen and oxygen atoms in total. The smallest absolute Gasteiger partial charge is 0.306 e. The number of hydrogen-bond donors (Lipinski definition) is 1. The summed E-state index contributed by atoms with van der Waals surface area (Å²) in [5.74, 6) is -0.834. The number of aromatic nitrogens is 4. The van der Waals surface area contributed by atoms with E-state index in [9.17, 15) is 4.79 Å². The largest absolute Gasteiger partial charge is 0.481 e. The van der Waals surface area contributed by atoms with Crippen LogP contribution in [0.3, 0.4) is 0 Å². The second kappa shape index (κ2) is 5.18. The van der Waals surface area contributed by atoms with E-state index in [1.807, 2.05) is 0 Å². The Morgan fingerprint density at radius 2 is 2.44 bits per heavy atom. The van der Waals surface area contributed by atoms with Gasteiger partial charge < -0.3 is 9.52 Å². The van der Waals surface area contributed by atoms with E-state index in [1.54, 1.807) is 13.0 Å². The van der Waals surface area contributed by atoms with Crippen LogP contribution in [0.5, 0.6) is 0 Å². The molecule has 0 aliphatic carbocycles. The monoisotopic (exact) mass is 270 g/mol. The highest BCUT2D eigenvalue weighted by molar-refractivity contribution is 6.31. The van der Waals surface area contributed by atoms with E-state index in [-0.39, 0.29) is 5.22 Å². The predicted molar refractivity (Wildman–Crippen MR) is 61.9 cm³/mol. The summed E-state index contributed by atoms with van der Waals surface area (Å²) in [6.45, 7) is 2.04. The molecule has 0 saturated heterocycles. The molecular formula is C10H11ClN4O3. The van der Waals surface area contributed by atoms with Crippen molar-refractivity contribution in [1.29, 1.82) is 0 Å². The summed E-state index contributed by atoms with van der Waals surface area (Å²) in [5, 5.41) is 20.2. The fraction of sp³-hybridized carbons (Fsp3) is 0.400. The molecule has 2 heterocycles. The molecule has 0 aliphatic heterocycles. The number of aryl methyl sites for hydroxylation is 1. The molecule has 0 aliphatic rings. The van der Waals surface area contributed by atoms with Crippen molar-refractivity contribution in [2.75, 3.05) is 0 Å². The van der Waals surface area contributed by atoms with Crippen LogP contribution in [-0.4, -0.2) is 31.3 Å². The van der Waals surface area contributed by atoms with Crippen LogP contribution in [0.25, 0.3) is 11.4 Å². The second-order valence-corrected chi connectivity index (χ2v) is 4.20. The highest BCUT2D eigenvalue weighted by Crippen LogP contribution is 2.26. The van der Waals surface area contributed by atoms with Crippen LogP contribution in [0.4, 0.5) is 0 Å². The molecule has 8 heteroatoms. The van der Waals surface area contributed by atoms with Crippen molar-refractivity contribution in [2.45, 2.75) is 19.9 Å². The summed E-state index contributed by atoms with van der Waals surface area (Å²) in [6, 6.07) is 1.66. The molecule has 0 bridgehead atoms. The van der Waals surface area contributed by atoms with Crippen LogP contribution in [0.2, 0.25) is 5.22 Å². The van der Waals surface area contributed by atoms with E-state index >= 15 is 0 Å². The predicted octanol–water partition coefficient (Wildman–Crippen LogP) is 1.70. The average Bonchev–Trinajstić information content (AvgIpc) is 2.93. The first-order chi connectivity index (χ1) is 8.59. The third kappa shape index (κ3) is 2.51. The fourth-order valence-electron chi connectivity index (χ4n) is 1.44. The number of aliphatic carboxylic acids is 1. The Kier molecular flexibility index (Phi) is 3.61. The summed E-state index contributed by atoms with van der Waals surface area (Å²) < 4.78 is 6.48. The minimum Gasteiger partial charge on any atom is -0.481 e. The SMILES string of the molecule is CC(CCn1nnnc1-c1ccoc1Cl)C(=O)O. The van der Waals surface area contributed by atoms with Gasteiger partial charge in [0.1, 0.15) is 0 Å². The zero-order valence-electron chi connectivity index (χ0n) is 9.58. The maximum Gasteiger partial charge on any atom is 0.306 e. The number of tetrazole rings is 1. The molecule has 1 N–H and O–H groups in total. The molecule has 0 saturated carbocycles. The Morgan fingerprint density at radius 3 is 3.06 bits per heavy atom. The summed E-state index contributed by atoms with van der Waals surface area (Å²) in [5.41, 5.74) is 0.588. The topological polar surface area (TPSA) is 94.0 Å². The van der Waals surface area contributed by atoms with Crippen LogP contribution < -0.4 is 0 Å². The van der Waals surface area contributed by atoms with Gasteiger partial charge in [0, 0.05) is 6.54 Å². The highest BCUT2D eigenvalue weighted by atomic mass is 35.5. The molecule has 2 aromatic rings. The first-order valence-electron chi connectivity index (χ1n) is 5.32. The van der Waals surface area contributed by atoms with E-state index in [1.165, 1.54) is 10.9 Å². The van der Waals surface area contributed by atoms with Crippen molar-refractivity contribution in [3.63, 3.8) is 0 Å². The number of carbonyl (C=O) groups is 1. The van der Waals surface area contributed by atoms with Gasteiger partial charge in [0.25, 0.3) is 0 Å². The van der Waals surface area contributed by atoms with E-state index in [2.05, 4.69) is 15.5 Å². The van der Waals surface area contributed by atoms with Gasteiger partial charge in [-0.05, 0) is 34.5 Å². The summed E-state index contributed by atoms with van der Waals surface area (Å²) in [4.78, 5) is 10.7. The van der Waals surface area contributed by atoms with Gasteiger partial charge in [0.05, 0.1) is 17.7 Å². The van der Waals surface area contributed by atoms with E-state index < -0.39 is 11.9 Å². The van der Waals surface area contributed by atoms with Gasteiger partial charge in [-0.1, -0.05) is 6.92 Å². The second-order valence-electron chi connectivity index (χ2n) is 3.86. The molecule has 2 aromatic heterocycles. The molecule has 0 aromatic carbocycles. The maximum atomic E-state index is 10.7. The van der Waals surface area contributed by atoms with Crippen LogP contribution in [0.15, 0.2) is 16.7 Å². The summed E-state index contributed by atoms with van der Waals surface area (Å²) in [6.07, 6.45) is 1.87. The zero-order valence-corrected chi connectivity index (χ0v) is 10.3. The van der Waals surface area contributed by atoms with E-state index in [0.29, 0.717) is 24.4 Å². The normalized spacial score (nSPS) is 12.6. The zero-order chi connectivity index (χ0) is 13.1. The fourth-order valence-corrected chi connectivity index (χ4v) is 1.64. The number of hydrogen-bond acceptors (Lipinski definition) is 5. The number of carboxylic acid groups (broad SMARTS) is 1. The van der Waals surface area contributed by atoms with Crippen molar-refractivity contribution in [1.82, 2.24) is 20.2 Å². The Labute approximate surface area is 107 Å². The molecule has 1 unspecified atom stereocenters. The number of rotatable bonds is 5. The van der Waals surface area contributed by atoms with Crippen molar-refractivity contribution in [2.24, 2.45) is 5.92 Å². The highest BCUT2D eigenvalue weighted by Gasteiger charge is 2.17. The molecule has 0 fully saturated rings. The van der Waals surface area contributed by atoms with Gasteiger partial charge in [-0.3, -0.25) is 4.79 Å². The molecule has 2 rings (SSSR count). The number of nitrogens with zero attached hydrogens (tertiary/aromatic N) is 4. The van der Waals surface area contributed by atoms with Crippen molar-refractivity contribution in [3.8, 4) is 11.4 Å². The first-order valence-corrected chi connectivity index (χ1v) is 5.69. The van der Waals surface area contributed by atoms with Crippen molar-refractivity contribution >= 4 is 17.6 Å². The minimum atomic E-state index is -0.842. The molecule has 0 amide bonds. The standard InChI is InChI=1S/C10H11ClN4O3/c1-6(10(16)17)2-4-15-9(12-13-14-15)7-3-5-18-8(7)11/h3,5-6H,2,4H2,1H3,(H,16,17). The molecule has 0 spiro atoms. The molecule has 96 valence electrons. The minimum absolute atomic E-state index is 0.206. The van der Waals surface area contributed by atoms with Crippen LogP contribution in [0.1, 0.15) is 13.3 Å².